The van der Waals surface area contributed by atoms with Crippen LogP contribution in [0.3, 0.4) is 0 Å². The van der Waals surface area contributed by atoms with Gasteiger partial charge in [0, 0.05) is 38.4 Å². The second-order valence-electron chi connectivity index (χ2n) is 7.50. The molecule has 0 saturated carbocycles. The van der Waals surface area contributed by atoms with Crippen LogP contribution >= 0.6 is 0 Å². The van der Waals surface area contributed by atoms with Gasteiger partial charge >= 0.3 is 0 Å². The van der Waals surface area contributed by atoms with E-state index < -0.39 is 0 Å². The Morgan fingerprint density at radius 2 is 1.20 bits per heavy atom. The van der Waals surface area contributed by atoms with Crippen molar-refractivity contribution in [1.29, 1.82) is 0 Å². The molecule has 4 nitrogen and oxygen atoms in total. The Hall–Kier alpha value is -0.160. The molecule has 2 heterocycles. The Morgan fingerprint density at radius 1 is 0.800 bits per heavy atom. The van der Waals surface area contributed by atoms with E-state index in [1.165, 1.54) is 0 Å². The van der Waals surface area contributed by atoms with Crippen molar-refractivity contribution in [1.82, 2.24) is 10.6 Å². The summed E-state index contributed by atoms with van der Waals surface area (Å²) in [7, 11) is 0. The summed E-state index contributed by atoms with van der Waals surface area (Å²) >= 11 is 0. The molecule has 2 aliphatic rings. The zero-order chi connectivity index (χ0) is 14.6. The molecule has 2 rings (SSSR count). The normalized spacial score (nSPS) is 33.0. The first kappa shape index (κ1) is 16.2. The Balaban J connectivity index is 1.59. The minimum absolute atomic E-state index is 0.0358. The van der Waals surface area contributed by atoms with Crippen LogP contribution in [0.15, 0.2) is 0 Å². The van der Waals surface area contributed by atoms with Crippen LogP contribution in [0.5, 0.6) is 0 Å². The summed E-state index contributed by atoms with van der Waals surface area (Å²) in [6, 6.07) is 1.21. The topological polar surface area (TPSA) is 42.5 Å². The average Bonchev–Trinajstić information content (AvgIpc) is 2.32. The third-order valence-corrected chi connectivity index (χ3v) is 4.39. The maximum atomic E-state index is 5.75. The van der Waals surface area contributed by atoms with Crippen molar-refractivity contribution in [3.63, 3.8) is 0 Å². The van der Waals surface area contributed by atoms with Gasteiger partial charge in [-0.05, 0) is 53.4 Å². The maximum absolute atomic E-state index is 5.75. The van der Waals surface area contributed by atoms with Crippen LogP contribution < -0.4 is 10.6 Å². The fraction of sp³-hybridized carbons (Fsp3) is 1.00. The second-order valence-corrected chi connectivity index (χ2v) is 7.50. The van der Waals surface area contributed by atoms with Gasteiger partial charge in [-0.3, -0.25) is 0 Å². The van der Waals surface area contributed by atoms with Crippen molar-refractivity contribution in [3.8, 4) is 0 Å². The van der Waals surface area contributed by atoms with Gasteiger partial charge in [-0.15, -0.1) is 0 Å². The monoisotopic (exact) mass is 284 g/mol. The van der Waals surface area contributed by atoms with Gasteiger partial charge in [-0.2, -0.15) is 0 Å². The largest absolute Gasteiger partial charge is 0.375 e. The van der Waals surface area contributed by atoms with E-state index in [1.54, 1.807) is 0 Å². The third kappa shape index (κ3) is 5.32. The van der Waals surface area contributed by atoms with Crippen LogP contribution in [0.4, 0.5) is 0 Å². The Kier molecular flexibility index (Phi) is 5.46. The van der Waals surface area contributed by atoms with Gasteiger partial charge in [-0.25, -0.2) is 0 Å². The van der Waals surface area contributed by atoms with E-state index in [-0.39, 0.29) is 11.2 Å². The van der Waals surface area contributed by atoms with Gasteiger partial charge < -0.3 is 20.1 Å². The van der Waals surface area contributed by atoms with Gasteiger partial charge in [0.25, 0.3) is 0 Å². The van der Waals surface area contributed by atoms with Crippen LogP contribution in [0.25, 0.3) is 0 Å². The van der Waals surface area contributed by atoms with Crippen molar-refractivity contribution in [2.24, 2.45) is 0 Å². The van der Waals surface area contributed by atoms with Crippen LogP contribution in [0, 0.1) is 0 Å². The quantitative estimate of drug-likeness (QED) is 0.759. The van der Waals surface area contributed by atoms with Crippen molar-refractivity contribution in [2.45, 2.75) is 76.7 Å². The summed E-state index contributed by atoms with van der Waals surface area (Å²) in [5.41, 5.74) is 0.0716. The summed E-state index contributed by atoms with van der Waals surface area (Å²) in [6.07, 6.45) is 4.48. The van der Waals surface area contributed by atoms with Gasteiger partial charge in [0.2, 0.25) is 0 Å². The zero-order valence-corrected chi connectivity index (χ0v) is 13.6. The molecule has 2 N–H and O–H groups in total. The molecule has 2 aliphatic heterocycles. The van der Waals surface area contributed by atoms with Crippen LogP contribution in [-0.4, -0.2) is 49.6 Å². The lowest BCUT2D eigenvalue weighted by molar-refractivity contribution is -0.0648. The molecule has 0 aromatic carbocycles. The summed E-state index contributed by atoms with van der Waals surface area (Å²) in [6.45, 7) is 12.6. The summed E-state index contributed by atoms with van der Waals surface area (Å²) < 4.78 is 11.5. The molecule has 0 radical (unpaired) electrons. The second kappa shape index (κ2) is 6.73. The number of ether oxygens (including phenoxy) is 2. The predicted octanol–water partition coefficient (Wildman–Crippen LogP) is 2.08. The van der Waals surface area contributed by atoms with Crippen molar-refractivity contribution in [3.05, 3.63) is 0 Å². The molecule has 0 bridgehead atoms. The highest BCUT2D eigenvalue weighted by Gasteiger charge is 2.29. The maximum Gasteiger partial charge on any atom is 0.0641 e. The molecule has 4 heteroatoms. The van der Waals surface area contributed by atoms with E-state index in [2.05, 4.69) is 38.3 Å². The van der Waals surface area contributed by atoms with E-state index in [0.717, 1.165) is 52.0 Å². The van der Waals surface area contributed by atoms with E-state index in [9.17, 15) is 0 Å². The number of hydrogen-bond acceptors (Lipinski definition) is 4. The van der Waals surface area contributed by atoms with Gasteiger partial charge in [-0.1, -0.05) is 0 Å². The lowest BCUT2D eigenvalue weighted by Crippen LogP contribution is -2.48. The lowest BCUT2D eigenvalue weighted by Gasteiger charge is -2.37. The first-order valence-corrected chi connectivity index (χ1v) is 8.11. The zero-order valence-electron chi connectivity index (χ0n) is 13.6. The Morgan fingerprint density at radius 3 is 1.55 bits per heavy atom. The molecule has 2 saturated heterocycles. The van der Waals surface area contributed by atoms with Crippen LogP contribution in [-0.2, 0) is 9.47 Å². The average molecular weight is 284 g/mol. The molecular weight excluding hydrogens is 252 g/mol. The summed E-state index contributed by atoms with van der Waals surface area (Å²) in [4.78, 5) is 0. The minimum atomic E-state index is 0.0358. The molecule has 0 unspecified atom stereocenters. The third-order valence-electron chi connectivity index (χ3n) is 4.39. The first-order chi connectivity index (χ1) is 9.36. The molecule has 20 heavy (non-hydrogen) atoms. The van der Waals surface area contributed by atoms with E-state index in [1.807, 2.05) is 0 Å². The Labute approximate surface area is 124 Å². The molecule has 118 valence electrons. The van der Waals surface area contributed by atoms with Crippen molar-refractivity contribution in [2.75, 3.05) is 26.3 Å². The first-order valence-electron chi connectivity index (χ1n) is 8.11. The van der Waals surface area contributed by atoms with Crippen LogP contribution in [0.2, 0.25) is 0 Å². The number of rotatable bonds is 5. The lowest BCUT2D eigenvalue weighted by atomic mass is 9.93. The number of hydrogen-bond donors (Lipinski definition) is 2. The molecule has 0 aromatic rings. The molecular formula is C16H32N2O2. The standard InChI is InChI=1S/C16H32N2O2/c1-15(2)11-13(5-9-19-15)17-7-8-18-14-6-10-20-16(3,4)12-14/h13-14,17-18H,5-12H2,1-4H3/t13-,14+. The fourth-order valence-electron chi connectivity index (χ4n) is 3.36. The SMILES string of the molecule is CC1(C)C[C@H](NCCN[C@H]2CCOC(C)(C)C2)CCO1. The van der Waals surface area contributed by atoms with E-state index in [4.69, 9.17) is 9.47 Å². The molecule has 0 aliphatic carbocycles. The molecule has 2 atom stereocenters. The Bertz CT molecular complexity index is 275. The fourth-order valence-corrected chi connectivity index (χ4v) is 3.36. The molecule has 2 fully saturated rings. The highest BCUT2D eigenvalue weighted by molar-refractivity contribution is 4.85. The predicted molar refractivity (Wildman–Crippen MR) is 82.1 cm³/mol. The number of nitrogens with one attached hydrogen (secondary N) is 2. The van der Waals surface area contributed by atoms with Crippen LogP contribution in [0.1, 0.15) is 53.4 Å². The molecule has 0 aromatic heterocycles. The van der Waals surface area contributed by atoms with Gasteiger partial charge in [0.05, 0.1) is 11.2 Å². The minimum Gasteiger partial charge on any atom is -0.375 e. The molecule has 0 spiro atoms. The smallest absolute Gasteiger partial charge is 0.0641 e. The van der Waals surface area contributed by atoms with E-state index >= 15 is 0 Å². The van der Waals surface area contributed by atoms with Gasteiger partial charge in [0.1, 0.15) is 0 Å². The van der Waals surface area contributed by atoms with Crippen molar-refractivity contribution >= 4 is 0 Å². The summed E-state index contributed by atoms with van der Waals surface area (Å²) in [5, 5.41) is 7.33. The van der Waals surface area contributed by atoms with E-state index in [0.29, 0.717) is 12.1 Å². The highest BCUT2D eigenvalue weighted by atomic mass is 16.5. The van der Waals surface area contributed by atoms with Gasteiger partial charge in [0.15, 0.2) is 0 Å². The molecule has 0 amide bonds. The highest BCUT2D eigenvalue weighted by Crippen LogP contribution is 2.24. The van der Waals surface area contributed by atoms with Crippen molar-refractivity contribution < 1.29 is 9.47 Å². The summed E-state index contributed by atoms with van der Waals surface area (Å²) in [5.74, 6) is 0.